The smallest absolute Gasteiger partial charge is 0.410 e. The molecule has 1 unspecified atom stereocenters. The zero-order valence-corrected chi connectivity index (χ0v) is 38.6. The molecule has 21 heteroatoms. The number of benzene rings is 1. The first kappa shape index (κ1) is 45.0. The first-order valence-corrected chi connectivity index (χ1v) is 23.7. The zero-order chi connectivity index (χ0) is 47.3. The van der Waals surface area contributed by atoms with Crippen molar-refractivity contribution in [3.63, 3.8) is 0 Å². The maximum atomic E-state index is 15.3. The third-order valence-corrected chi connectivity index (χ3v) is 14.0. The van der Waals surface area contributed by atoms with Gasteiger partial charge in [-0.25, -0.2) is 33.8 Å². The molecule has 4 N–H and O–H groups in total. The Hall–Kier alpha value is -6.77. The minimum atomic E-state index is -0.580. The van der Waals surface area contributed by atoms with E-state index in [1.807, 2.05) is 42.7 Å². The highest BCUT2D eigenvalue weighted by Gasteiger charge is 2.37. The summed E-state index contributed by atoms with van der Waals surface area (Å²) in [7, 11) is 0. The number of amides is 4. The van der Waals surface area contributed by atoms with Crippen molar-refractivity contribution in [2.75, 3.05) is 74.9 Å². The average Bonchev–Trinajstić information content (AvgIpc) is 3.96. The van der Waals surface area contributed by atoms with Gasteiger partial charge in [-0.05, 0) is 95.4 Å². The van der Waals surface area contributed by atoms with Crippen LogP contribution in [0.2, 0.25) is 0 Å². The van der Waals surface area contributed by atoms with Crippen LogP contribution >= 0.6 is 0 Å². The van der Waals surface area contributed by atoms with Gasteiger partial charge < -0.3 is 35.0 Å². The lowest BCUT2D eigenvalue weighted by Crippen LogP contribution is -2.54. The van der Waals surface area contributed by atoms with Crippen LogP contribution in [-0.2, 0) is 24.7 Å². The van der Waals surface area contributed by atoms with E-state index < -0.39 is 23.6 Å². The SMILES string of the molecule is CC(C)(C)n1nc(-c2noc(C3CC3)c2-c2ncc(C3CCN(C(=O)OCC(=O)N4CCC(N5CCN(c6ccc(NC7CCC(=O)NC7=O)cc6F)CC5)CC4)CC3)cn2)c2c(N)ncnc21. The summed E-state index contributed by atoms with van der Waals surface area (Å²) >= 11 is 0. The standard InChI is InChI=1S/C47H57FN14O6/c1-47(2,3)62-44-38(42(49)52-26-53-44)39(56-62)40-37(41(68-57-40)28-4-5-28)43-50-23-29(24-51-43)27-10-14-61(15-11-27)46(66)67-25-36(64)60-16-12-31(13-17-60)58-18-20-59(21-19-58)34-8-6-30(22-32(34)48)54-33-7-9-35(63)55-45(33)65/h6,8,22-24,26-28,31,33,54H,4-5,7,9-21,25H2,1-3H3,(H2,49,52,53)(H,55,63,65). The van der Waals surface area contributed by atoms with Gasteiger partial charge in [0.2, 0.25) is 11.8 Å². The lowest BCUT2D eigenvalue weighted by molar-refractivity contribution is -0.136. The topological polar surface area (TPSA) is 236 Å². The molecule has 20 nitrogen and oxygen atoms in total. The number of halogens is 1. The molecular formula is C47H57FN14O6. The number of nitrogen functional groups attached to an aromatic ring is 1. The normalized spacial score (nSPS) is 20.2. The third-order valence-electron chi connectivity index (χ3n) is 14.0. The van der Waals surface area contributed by atoms with Gasteiger partial charge in [0.25, 0.3) is 5.91 Å². The molecule has 4 aromatic heterocycles. The highest BCUT2D eigenvalue weighted by atomic mass is 19.1. The second-order valence-corrected chi connectivity index (χ2v) is 19.5. The van der Waals surface area contributed by atoms with E-state index >= 15 is 4.39 Å². The number of fused-ring (bicyclic) bond motifs is 1. The molecular weight excluding hydrogens is 876 g/mol. The van der Waals surface area contributed by atoms with Gasteiger partial charge in [-0.2, -0.15) is 5.10 Å². The van der Waals surface area contributed by atoms with Crippen molar-refractivity contribution in [1.29, 1.82) is 0 Å². The number of hydrogen-bond acceptors (Lipinski definition) is 16. The number of nitrogens with zero attached hydrogens (tertiary/aromatic N) is 11. The number of likely N-dealkylation sites (tertiary alicyclic amines) is 2. The molecule has 1 saturated carbocycles. The molecule has 10 rings (SSSR count). The van der Waals surface area contributed by atoms with Crippen molar-refractivity contribution < 1.29 is 32.8 Å². The second-order valence-electron chi connectivity index (χ2n) is 19.5. The number of nitrogens with one attached hydrogen (secondary N) is 2. The Morgan fingerprint density at radius 2 is 1.60 bits per heavy atom. The van der Waals surface area contributed by atoms with E-state index in [0.717, 1.165) is 50.1 Å². The molecule has 4 aliphatic heterocycles. The van der Waals surface area contributed by atoms with Crippen LogP contribution in [0.25, 0.3) is 33.8 Å². The van der Waals surface area contributed by atoms with Crippen molar-refractivity contribution in [1.82, 2.24) is 54.9 Å². The van der Waals surface area contributed by atoms with Crippen LogP contribution in [0.4, 0.5) is 26.4 Å². The van der Waals surface area contributed by atoms with Crippen molar-refractivity contribution >= 4 is 52.0 Å². The number of anilines is 3. The van der Waals surface area contributed by atoms with Gasteiger partial charge in [-0.15, -0.1) is 0 Å². The number of carbonyl (C=O) groups excluding carboxylic acids is 4. The van der Waals surface area contributed by atoms with Gasteiger partial charge >= 0.3 is 6.09 Å². The number of ether oxygens (including phenoxy) is 1. The van der Waals surface area contributed by atoms with Crippen molar-refractivity contribution in [2.24, 2.45) is 0 Å². The van der Waals surface area contributed by atoms with Crippen molar-refractivity contribution in [2.45, 2.75) is 102 Å². The summed E-state index contributed by atoms with van der Waals surface area (Å²) in [6.07, 6.45) is 10.2. The number of piperidine rings is 3. The van der Waals surface area contributed by atoms with Crippen LogP contribution in [0.15, 0.2) is 41.4 Å². The first-order chi connectivity index (χ1) is 32.8. The fourth-order valence-corrected chi connectivity index (χ4v) is 9.99. The molecule has 1 aromatic carbocycles. The van der Waals surface area contributed by atoms with E-state index in [-0.39, 0.29) is 42.5 Å². The molecule has 4 amide bonds. The average molecular weight is 933 g/mol. The van der Waals surface area contributed by atoms with E-state index in [1.54, 1.807) is 21.9 Å². The largest absolute Gasteiger partial charge is 0.439 e. The summed E-state index contributed by atoms with van der Waals surface area (Å²) < 4.78 is 28.6. The van der Waals surface area contributed by atoms with E-state index in [2.05, 4.69) is 30.7 Å². The molecule has 358 valence electrons. The number of carbonyl (C=O) groups is 4. The van der Waals surface area contributed by atoms with Crippen LogP contribution in [0, 0.1) is 5.82 Å². The minimum absolute atomic E-state index is 0.135. The number of nitrogens with two attached hydrogens (primary N) is 1. The Balaban J connectivity index is 0.677. The molecule has 0 bridgehead atoms. The molecule has 1 aliphatic carbocycles. The van der Waals surface area contributed by atoms with Crippen LogP contribution in [0.5, 0.6) is 0 Å². The predicted molar refractivity (Wildman–Crippen MR) is 248 cm³/mol. The number of imide groups is 1. The summed E-state index contributed by atoms with van der Waals surface area (Å²) in [5, 5.41) is 15.4. The van der Waals surface area contributed by atoms with Gasteiger partial charge in [-0.1, -0.05) is 5.16 Å². The van der Waals surface area contributed by atoms with E-state index in [0.29, 0.717) is 116 Å². The Labute approximate surface area is 392 Å². The summed E-state index contributed by atoms with van der Waals surface area (Å²) in [4.78, 5) is 76.3. The molecule has 8 heterocycles. The summed E-state index contributed by atoms with van der Waals surface area (Å²) in [6.45, 7) is 10.8. The number of rotatable bonds is 10. The Morgan fingerprint density at radius 1 is 0.882 bits per heavy atom. The van der Waals surface area contributed by atoms with Gasteiger partial charge in [-0.3, -0.25) is 24.6 Å². The first-order valence-electron chi connectivity index (χ1n) is 23.7. The number of hydrogen-bond donors (Lipinski definition) is 3. The molecule has 0 radical (unpaired) electrons. The van der Waals surface area contributed by atoms with E-state index in [4.69, 9.17) is 30.1 Å². The summed E-state index contributed by atoms with van der Waals surface area (Å²) in [5.74, 6) is 0.596. The third kappa shape index (κ3) is 9.14. The highest BCUT2D eigenvalue weighted by molar-refractivity contribution is 6.02. The number of aromatic nitrogens is 7. The zero-order valence-electron chi connectivity index (χ0n) is 38.6. The Bertz CT molecular complexity index is 2710. The van der Waals surface area contributed by atoms with Crippen LogP contribution in [0.1, 0.15) is 95.3 Å². The minimum Gasteiger partial charge on any atom is -0.439 e. The fraction of sp³-hybridized carbons (Fsp3) is 0.532. The van der Waals surface area contributed by atoms with Gasteiger partial charge in [0.15, 0.2) is 23.8 Å². The number of piperazine rings is 1. The summed E-state index contributed by atoms with van der Waals surface area (Å²) in [5.41, 5.74) is 10.3. The second kappa shape index (κ2) is 18.4. The van der Waals surface area contributed by atoms with Crippen molar-refractivity contribution in [3.8, 4) is 22.8 Å². The molecule has 4 saturated heterocycles. The van der Waals surface area contributed by atoms with Crippen molar-refractivity contribution in [3.05, 3.63) is 54.1 Å². The molecule has 5 aromatic rings. The molecule has 5 fully saturated rings. The summed E-state index contributed by atoms with van der Waals surface area (Å²) in [6, 6.07) is 4.62. The fourth-order valence-electron chi connectivity index (χ4n) is 9.99. The highest BCUT2D eigenvalue weighted by Crippen LogP contribution is 2.48. The molecule has 68 heavy (non-hydrogen) atoms. The predicted octanol–water partition coefficient (Wildman–Crippen LogP) is 4.64. The van der Waals surface area contributed by atoms with Gasteiger partial charge in [0.05, 0.1) is 22.2 Å². The van der Waals surface area contributed by atoms with Gasteiger partial charge in [0.1, 0.15) is 35.4 Å². The quantitative estimate of drug-likeness (QED) is 0.162. The van der Waals surface area contributed by atoms with E-state index in [9.17, 15) is 19.2 Å². The molecule has 0 spiro atoms. The van der Waals surface area contributed by atoms with Crippen LogP contribution < -0.4 is 21.3 Å². The van der Waals surface area contributed by atoms with Crippen LogP contribution in [0.3, 0.4) is 0 Å². The molecule has 1 atom stereocenters. The lowest BCUT2D eigenvalue weighted by Gasteiger charge is -2.43. The molecule has 5 aliphatic rings. The Morgan fingerprint density at radius 3 is 2.28 bits per heavy atom. The lowest BCUT2D eigenvalue weighted by atomic mass is 9.91. The maximum absolute atomic E-state index is 15.3. The maximum Gasteiger partial charge on any atom is 0.410 e. The van der Waals surface area contributed by atoms with Gasteiger partial charge in [0, 0.05) is 88.8 Å². The van der Waals surface area contributed by atoms with E-state index in [1.165, 1.54) is 12.4 Å². The monoisotopic (exact) mass is 932 g/mol. The Kier molecular flexibility index (Phi) is 12.2. The van der Waals surface area contributed by atoms with Crippen LogP contribution in [-0.4, -0.2) is 144 Å².